The molecule has 180 valence electrons. The topological polar surface area (TPSA) is 108 Å². The molecular formula is C22H30N4O6S. The largest absolute Gasteiger partial charge is 0.472 e. The predicted octanol–water partition coefficient (Wildman–Crippen LogP) is 0.503. The quantitative estimate of drug-likeness (QED) is 0.540. The van der Waals surface area contributed by atoms with Gasteiger partial charge in [0.25, 0.3) is 11.8 Å². The fourth-order valence-corrected chi connectivity index (χ4v) is 5.40. The first kappa shape index (κ1) is 23.5. The summed E-state index contributed by atoms with van der Waals surface area (Å²) in [6.45, 7) is 5.89. The fraction of sp³-hybridized carbons (Fsp3) is 0.545. The summed E-state index contributed by atoms with van der Waals surface area (Å²) in [6.07, 6.45) is 5.85. The Morgan fingerprint density at radius 3 is 1.42 bits per heavy atom. The number of amides is 2. The summed E-state index contributed by atoms with van der Waals surface area (Å²) in [5.74, 6) is 0.119. The Hall–Kier alpha value is -2.63. The van der Waals surface area contributed by atoms with Crippen LogP contribution in [0.5, 0.6) is 0 Å². The second-order valence-corrected chi connectivity index (χ2v) is 10.7. The minimum absolute atomic E-state index is 0.0532. The molecule has 0 aromatic carbocycles. The molecule has 2 amide bonds. The first-order valence-electron chi connectivity index (χ1n) is 11.2. The average Bonchev–Trinajstić information content (AvgIpc) is 3.56. The second kappa shape index (κ2) is 10.5. The molecule has 2 saturated heterocycles. The highest BCUT2D eigenvalue weighted by Gasteiger charge is 2.26. The Morgan fingerprint density at radius 2 is 1.09 bits per heavy atom. The molecule has 33 heavy (non-hydrogen) atoms. The Bertz CT molecular complexity index is 929. The van der Waals surface area contributed by atoms with Gasteiger partial charge in [-0.15, -0.1) is 0 Å². The number of nitrogens with zero attached hydrogens (tertiary/aromatic N) is 4. The van der Waals surface area contributed by atoms with Crippen LogP contribution in [0, 0.1) is 0 Å². The maximum Gasteiger partial charge on any atom is 0.257 e. The molecule has 2 aliphatic rings. The minimum Gasteiger partial charge on any atom is -0.472 e. The van der Waals surface area contributed by atoms with Crippen molar-refractivity contribution >= 4 is 21.7 Å². The van der Waals surface area contributed by atoms with Crippen molar-refractivity contribution < 1.29 is 26.8 Å². The molecule has 2 aromatic rings. The third-order valence-electron chi connectivity index (χ3n) is 6.29. The number of hydrogen-bond acceptors (Lipinski definition) is 8. The Kier molecular flexibility index (Phi) is 7.51. The molecule has 4 rings (SSSR count). The van der Waals surface area contributed by atoms with Crippen LogP contribution in [0.4, 0.5) is 0 Å². The molecule has 2 aromatic heterocycles. The first-order chi connectivity index (χ1) is 15.9. The number of rotatable bonds is 8. The number of sulfone groups is 1. The van der Waals surface area contributed by atoms with Gasteiger partial charge in [0.2, 0.25) is 0 Å². The second-order valence-electron chi connectivity index (χ2n) is 8.44. The lowest BCUT2D eigenvalue weighted by atomic mass is 10.2. The van der Waals surface area contributed by atoms with Crippen LogP contribution in [0.1, 0.15) is 20.7 Å². The van der Waals surface area contributed by atoms with E-state index in [-0.39, 0.29) is 23.3 Å². The summed E-state index contributed by atoms with van der Waals surface area (Å²) in [4.78, 5) is 32.4. The van der Waals surface area contributed by atoms with Crippen molar-refractivity contribution in [2.45, 2.75) is 0 Å². The van der Waals surface area contributed by atoms with Crippen LogP contribution < -0.4 is 0 Å². The Balaban J connectivity index is 1.13. The number of furan rings is 2. The van der Waals surface area contributed by atoms with Gasteiger partial charge in [-0.1, -0.05) is 0 Å². The van der Waals surface area contributed by atoms with Gasteiger partial charge in [0, 0.05) is 65.4 Å². The molecular weight excluding hydrogens is 448 g/mol. The molecule has 10 nitrogen and oxygen atoms in total. The van der Waals surface area contributed by atoms with Gasteiger partial charge in [0.15, 0.2) is 9.84 Å². The molecule has 2 fully saturated rings. The van der Waals surface area contributed by atoms with Crippen LogP contribution in [-0.2, 0) is 9.84 Å². The van der Waals surface area contributed by atoms with Crippen molar-refractivity contribution in [1.29, 1.82) is 0 Å². The number of carbonyl (C=O) groups is 2. The van der Waals surface area contributed by atoms with Crippen LogP contribution in [0.3, 0.4) is 0 Å². The van der Waals surface area contributed by atoms with E-state index in [1.165, 1.54) is 25.1 Å². The summed E-state index contributed by atoms with van der Waals surface area (Å²) < 4.78 is 35.1. The highest BCUT2D eigenvalue weighted by Crippen LogP contribution is 2.11. The van der Waals surface area contributed by atoms with Crippen molar-refractivity contribution in [2.24, 2.45) is 0 Å². The highest BCUT2D eigenvalue weighted by molar-refractivity contribution is 7.91. The normalized spacial score (nSPS) is 18.5. The summed E-state index contributed by atoms with van der Waals surface area (Å²) in [5.41, 5.74) is 1.08. The summed E-state index contributed by atoms with van der Waals surface area (Å²) in [6, 6.07) is 3.30. The van der Waals surface area contributed by atoms with Crippen molar-refractivity contribution in [3.8, 4) is 0 Å². The van der Waals surface area contributed by atoms with Gasteiger partial charge in [0.05, 0.1) is 35.2 Å². The monoisotopic (exact) mass is 478 g/mol. The van der Waals surface area contributed by atoms with E-state index in [1.54, 1.807) is 21.9 Å². The summed E-state index contributed by atoms with van der Waals surface area (Å²) >= 11 is 0. The molecule has 0 bridgehead atoms. The zero-order valence-corrected chi connectivity index (χ0v) is 19.4. The van der Waals surface area contributed by atoms with E-state index in [1.807, 2.05) is 0 Å². The molecule has 0 saturated carbocycles. The minimum atomic E-state index is -3.18. The van der Waals surface area contributed by atoms with E-state index in [0.717, 1.165) is 0 Å². The molecule has 0 N–H and O–H groups in total. The third-order valence-corrected chi connectivity index (χ3v) is 7.90. The van der Waals surface area contributed by atoms with E-state index in [4.69, 9.17) is 8.83 Å². The van der Waals surface area contributed by atoms with Gasteiger partial charge in [0.1, 0.15) is 12.5 Å². The van der Waals surface area contributed by atoms with Crippen LogP contribution in [-0.4, -0.2) is 117 Å². The lowest BCUT2D eigenvalue weighted by molar-refractivity contribution is 0.0638. The van der Waals surface area contributed by atoms with Gasteiger partial charge < -0.3 is 18.6 Å². The lowest BCUT2D eigenvalue weighted by Gasteiger charge is -2.35. The highest BCUT2D eigenvalue weighted by atomic mass is 32.2. The Morgan fingerprint density at radius 1 is 0.697 bits per heavy atom. The molecule has 0 aliphatic carbocycles. The number of carbonyl (C=O) groups excluding carboxylic acids is 2. The van der Waals surface area contributed by atoms with E-state index in [9.17, 15) is 18.0 Å². The van der Waals surface area contributed by atoms with Gasteiger partial charge in [-0.3, -0.25) is 19.4 Å². The average molecular weight is 479 g/mol. The van der Waals surface area contributed by atoms with Crippen molar-refractivity contribution in [1.82, 2.24) is 19.6 Å². The summed E-state index contributed by atoms with van der Waals surface area (Å²) in [5, 5.41) is 0. The van der Waals surface area contributed by atoms with Crippen LogP contribution >= 0.6 is 0 Å². The standard InChI is InChI=1S/C22H30N4O6S/c27-21(19-1-13-31-17-19)25-7-3-23(4-8-25)11-15-33(29,30)16-12-24-5-9-26(10-6-24)22(28)20-2-14-32-18-20/h1-2,13-14,17-18H,3-12,15-16H2. The molecule has 0 spiro atoms. The zero-order valence-electron chi connectivity index (χ0n) is 18.6. The smallest absolute Gasteiger partial charge is 0.257 e. The molecule has 4 heterocycles. The van der Waals surface area contributed by atoms with E-state index >= 15 is 0 Å². The summed E-state index contributed by atoms with van der Waals surface area (Å²) in [7, 11) is -3.18. The van der Waals surface area contributed by atoms with E-state index in [0.29, 0.717) is 76.6 Å². The van der Waals surface area contributed by atoms with E-state index in [2.05, 4.69) is 9.80 Å². The molecule has 11 heteroatoms. The Labute approximate surface area is 193 Å². The van der Waals surface area contributed by atoms with Gasteiger partial charge in [-0.05, 0) is 12.1 Å². The van der Waals surface area contributed by atoms with E-state index < -0.39 is 9.84 Å². The maximum absolute atomic E-state index is 12.6. The molecule has 0 unspecified atom stereocenters. The third kappa shape index (κ3) is 6.24. The fourth-order valence-electron chi connectivity index (χ4n) is 4.13. The van der Waals surface area contributed by atoms with Gasteiger partial charge >= 0.3 is 0 Å². The molecule has 0 atom stereocenters. The molecule has 2 aliphatic heterocycles. The van der Waals surface area contributed by atoms with Crippen molar-refractivity contribution in [3.63, 3.8) is 0 Å². The number of piperazine rings is 2. The lowest BCUT2D eigenvalue weighted by Crippen LogP contribution is -2.50. The van der Waals surface area contributed by atoms with Crippen molar-refractivity contribution in [3.05, 3.63) is 48.3 Å². The molecule has 0 radical (unpaired) electrons. The van der Waals surface area contributed by atoms with Gasteiger partial charge in [-0.2, -0.15) is 0 Å². The van der Waals surface area contributed by atoms with Crippen molar-refractivity contribution in [2.75, 3.05) is 77.0 Å². The maximum atomic E-state index is 12.6. The zero-order chi connectivity index (χ0) is 23.3. The predicted molar refractivity (Wildman–Crippen MR) is 121 cm³/mol. The number of hydrogen-bond donors (Lipinski definition) is 0. The van der Waals surface area contributed by atoms with Gasteiger partial charge in [-0.25, -0.2) is 8.42 Å². The van der Waals surface area contributed by atoms with Crippen LogP contribution in [0.15, 0.2) is 46.0 Å². The van der Waals surface area contributed by atoms with Crippen LogP contribution in [0.2, 0.25) is 0 Å². The first-order valence-corrected chi connectivity index (χ1v) is 13.0. The SMILES string of the molecule is O=C(c1ccoc1)N1CCN(CCS(=O)(=O)CCN2CCN(C(=O)c3ccoc3)CC2)CC1. The van der Waals surface area contributed by atoms with Crippen LogP contribution in [0.25, 0.3) is 0 Å².